The van der Waals surface area contributed by atoms with Crippen molar-refractivity contribution >= 4 is 13.7 Å². The number of carbonyl (C=O) groups is 1. The fraction of sp³-hybridized carbons (Fsp3) is 0.667. The summed E-state index contributed by atoms with van der Waals surface area (Å²) in [5.41, 5.74) is 2.84. The maximum Gasteiger partial charge on any atom is 0.469 e. The lowest BCUT2D eigenvalue weighted by atomic mass is 10.0. The first-order valence-electron chi connectivity index (χ1n) is 10.5. The van der Waals surface area contributed by atoms with Crippen LogP contribution in [0.4, 0.5) is 0 Å². The SMILES string of the molecule is CCCc1ccc(CCCCCCCCC(=O)N2CC(OP(=O)(O)O)C2)cc1. The van der Waals surface area contributed by atoms with Crippen molar-refractivity contribution in [3.8, 4) is 0 Å². The second kappa shape index (κ2) is 11.7. The highest BCUT2D eigenvalue weighted by molar-refractivity contribution is 7.46. The molecule has 0 bridgehead atoms. The van der Waals surface area contributed by atoms with E-state index < -0.39 is 13.9 Å². The highest BCUT2D eigenvalue weighted by atomic mass is 31.2. The van der Waals surface area contributed by atoms with Crippen molar-refractivity contribution in [2.75, 3.05) is 13.1 Å². The van der Waals surface area contributed by atoms with Crippen molar-refractivity contribution in [1.82, 2.24) is 4.90 Å². The Hall–Kier alpha value is -1.20. The Balaban J connectivity index is 1.43. The number of aryl methyl sites for hydroxylation is 2. The molecular weight excluding hydrogens is 377 g/mol. The van der Waals surface area contributed by atoms with Crippen molar-refractivity contribution in [1.29, 1.82) is 0 Å². The van der Waals surface area contributed by atoms with Crippen LogP contribution in [-0.4, -0.2) is 39.8 Å². The monoisotopic (exact) mass is 411 g/mol. The van der Waals surface area contributed by atoms with E-state index in [9.17, 15) is 9.36 Å². The highest BCUT2D eigenvalue weighted by Crippen LogP contribution is 2.39. The molecule has 2 N–H and O–H groups in total. The molecule has 0 unspecified atom stereocenters. The molecule has 1 heterocycles. The molecule has 1 saturated heterocycles. The van der Waals surface area contributed by atoms with Gasteiger partial charge in [0.1, 0.15) is 6.10 Å². The maximum atomic E-state index is 12.0. The van der Waals surface area contributed by atoms with Crippen molar-refractivity contribution in [2.24, 2.45) is 0 Å². The van der Waals surface area contributed by atoms with E-state index in [1.807, 2.05) is 0 Å². The Kier molecular flexibility index (Phi) is 9.66. The van der Waals surface area contributed by atoms with Gasteiger partial charge < -0.3 is 14.7 Å². The summed E-state index contributed by atoms with van der Waals surface area (Å²) in [5.74, 6) is 0.0529. The molecule has 0 aliphatic carbocycles. The van der Waals surface area contributed by atoms with Crippen LogP contribution in [0, 0.1) is 0 Å². The molecule has 2 rings (SSSR count). The molecule has 158 valence electrons. The summed E-state index contributed by atoms with van der Waals surface area (Å²) in [5, 5.41) is 0. The number of carbonyl (C=O) groups excluding carboxylic acids is 1. The molecule has 28 heavy (non-hydrogen) atoms. The Morgan fingerprint density at radius 1 is 1.00 bits per heavy atom. The topological polar surface area (TPSA) is 87.1 Å². The average molecular weight is 411 g/mol. The second-order valence-corrected chi connectivity index (χ2v) is 8.90. The van der Waals surface area contributed by atoms with Crippen molar-refractivity contribution in [3.05, 3.63) is 35.4 Å². The molecule has 1 aromatic rings. The van der Waals surface area contributed by atoms with Crippen LogP contribution in [0.3, 0.4) is 0 Å². The Morgan fingerprint density at radius 2 is 1.54 bits per heavy atom. The van der Waals surface area contributed by atoms with Gasteiger partial charge in [-0.15, -0.1) is 0 Å². The smallest absolute Gasteiger partial charge is 0.337 e. The van der Waals surface area contributed by atoms with Crippen LogP contribution in [0.2, 0.25) is 0 Å². The number of benzene rings is 1. The first-order valence-corrected chi connectivity index (χ1v) is 12.0. The number of rotatable bonds is 13. The third-order valence-corrected chi connectivity index (χ3v) is 5.73. The number of hydrogen-bond acceptors (Lipinski definition) is 3. The van der Waals surface area contributed by atoms with Crippen LogP contribution in [0.25, 0.3) is 0 Å². The molecule has 7 heteroatoms. The zero-order valence-corrected chi connectivity index (χ0v) is 17.8. The lowest BCUT2D eigenvalue weighted by Gasteiger charge is -2.38. The molecule has 0 radical (unpaired) electrons. The van der Waals surface area contributed by atoms with Gasteiger partial charge in [0.25, 0.3) is 0 Å². The van der Waals surface area contributed by atoms with Gasteiger partial charge in [0, 0.05) is 19.5 Å². The van der Waals surface area contributed by atoms with Crippen LogP contribution in [0.5, 0.6) is 0 Å². The van der Waals surface area contributed by atoms with E-state index in [2.05, 4.69) is 35.7 Å². The van der Waals surface area contributed by atoms with Crippen LogP contribution >= 0.6 is 7.82 Å². The van der Waals surface area contributed by atoms with Crippen LogP contribution in [-0.2, 0) is 26.7 Å². The van der Waals surface area contributed by atoms with Crippen molar-refractivity contribution in [3.63, 3.8) is 0 Å². The summed E-state index contributed by atoms with van der Waals surface area (Å²) in [7, 11) is -4.45. The van der Waals surface area contributed by atoms with Gasteiger partial charge in [-0.2, -0.15) is 0 Å². The van der Waals surface area contributed by atoms with Gasteiger partial charge in [-0.3, -0.25) is 9.32 Å². The molecule has 0 atom stereocenters. The largest absolute Gasteiger partial charge is 0.469 e. The maximum absolute atomic E-state index is 12.0. The number of hydrogen-bond donors (Lipinski definition) is 2. The van der Waals surface area contributed by atoms with E-state index >= 15 is 0 Å². The first kappa shape index (κ1) is 23.1. The summed E-state index contributed by atoms with van der Waals surface area (Å²) >= 11 is 0. The van der Waals surface area contributed by atoms with E-state index in [1.165, 1.54) is 36.8 Å². The zero-order valence-electron chi connectivity index (χ0n) is 16.9. The van der Waals surface area contributed by atoms with Gasteiger partial charge in [0.05, 0.1) is 0 Å². The predicted octanol–water partition coefficient (Wildman–Crippen LogP) is 4.23. The number of phosphoric ester groups is 1. The van der Waals surface area contributed by atoms with Gasteiger partial charge in [-0.25, -0.2) is 4.57 Å². The molecule has 0 spiro atoms. The lowest BCUT2D eigenvalue weighted by Crippen LogP contribution is -2.54. The number of likely N-dealkylation sites (tertiary alicyclic amines) is 1. The summed E-state index contributed by atoms with van der Waals surface area (Å²) in [4.78, 5) is 31.0. The first-order chi connectivity index (χ1) is 13.4. The summed E-state index contributed by atoms with van der Waals surface area (Å²) < 4.78 is 15.3. The van der Waals surface area contributed by atoms with E-state index in [0.29, 0.717) is 6.42 Å². The minimum atomic E-state index is -4.45. The zero-order chi connectivity index (χ0) is 20.4. The van der Waals surface area contributed by atoms with Crippen molar-refractivity contribution < 1.29 is 23.7 Å². The fourth-order valence-electron chi connectivity index (χ4n) is 3.53. The predicted molar refractivity (Wildman–Crippen MR) is 110 cm³/mol. The molecule has 1 aliphatic rings. The third-order valence-electron chi connectivity index (χ3n) is 5.15. The van der Waals surface area contributed by atoms with E-state index in [0.717, 1.165) is 32.1 Å². The molecule has 1 aliphatic heterocycles. The van der Waals surface area contributed by atoms with E-state index in [4.69, 9.17) is 9.79 Å². The molecule has 1 fully saturated rings. The summed E-state index contributed by atoms with van der Waals surface area (Å²) in [6, 6.07) is 8.99. The number of amides is 1. The standard InChI is InChI=1S/C21H34NO5P/c1-2-9-18-12-14-19(15-13-18)10-7-5-3-4-6-8-11-21(23)22-16-20(17-22)27-28(24,25)26/h12-15,20H,2-11,16-17H2,1H3,(H2,24,25,26). The molecule has 0 saturated carbocycles. The fourth-order valence-corrected chi connectivity index (χ4v) is 4.06. The van der Waals surface area contributed by atoms with Crippen LogP contribution in [0.15, 0.2) is 24.3 Å². The van der Waals surface area contributed by atoms with E-state index in [1.54, 1.807) is 4.90 Å². The lowest BCUT2D eigenvalue weighted by molar-refractivity contribution is -0.140. The molecular formula is C21H34NO5P. The number of nitrogens with zero attached hydrogens (tertiary/aromatic N) is 1. The van der Waals surface area contributed by atoms with Gasteiger partial charge in [0.15, 0.2) is 0 Å². The molecule has 1 aromatic carbocycles. The number of unbranched alkanes of at least 4 members (excludes halogenated alkanes) is 5. The second-order valence-electron chi connectivity index (χ2n) is 7.70. The van der Waals surface area contributed by atoms with Gasteiger partial charge >= 0.3 is 7.82 Å². The normalized spacial score (nSPS) is 14.9. The Bertz CT molecular complexity index is 637. The average Bonchev–Trinajstić information content (AvgIpc) is 2.60. The van der Waals surface area contributed by atoms with Gasteiger partial charge in [-0.05, 0) is 36.8 Å². The van der Waals surface area contributed by atoms with E-state index in [-0.39, 0.29) is 19.0 Å². The minimum absolute atomic E-state index is 0.0529. The minimum Gasteiger partial charge on any atom is -0.337 e. The van der Waals surface area contributed by atoms with Gasteiger partial charge in [-0.1, -0.05) is 63.3 Å². The highest BCUT2D eigenvalue weighted by Gasteiger charge is 2.35. The number of phosphoric acid groups is 1. The van der Waals surface area contributed by atoms with Crippen LogP contribution in [0.1, 0.15) is 69.4 Å². The van der Waals surface area contributed by atoms with Gasteiger partial charge in [0.2, 0.25) is 5.91 Å². The Labute approximate surface area is 168 Å². The molecule has 0 aromatic heterocycles. The molecule has 6 nitrogen and oxygen atoms in total. The third kappa shape index (κ3) is 8.87. The quantitative estimate of drug-likeness (QED) is 0.375. The molecule has 1 amide bonds. The van der Waals surface area contributed by atoms with Crippen LogP contribution < -0.4 is 0 Å². The van der Waals surface area contributed by atoms with Crippen molar-refractivity contribution in [2.45, 2.75) is 77.2 Å². The summed E-state index contributed by atoms with van der Waals surface area (Å²) in [6.07, 6.45) is 10.1. The summed E-state index contributed by atoms with van der Waals surface area (Å²) in [6.45, 7) is 2.77. The Morgan fingerprint density at radius 3 is 2.11 bits per heavy atom.